The van der Waals surface area contributed by atoms with Crippen molar-refractivity contribution >= 4 is 26.4 Å². The minimum atomic E-state index is -2.16. The number of fused-ring (bicyclic) bond motifs is 1. The van der Waals surface area contributed by atoms with E-state index < -0.39 is 44.4 Å². The second-order valence-corrected chi connectivity index (χ2v) is 16.9. The van der Waals surface area contributed by atoms with Crippen molar-refractivity contribution in [2.75, 3.05) is 6.61 Å². The van der Waals surface area contributed by atoms with Crippen LogP contribution in [0.25, 0.3) is 5.52 Å². The van der Waals surface area contributed by atoms with Gasteiger partial charge in [-0.3, -0.25) is 4.98 Å². The van der Waals surface area contributed by atoms with Gasteiger partial charge < -0.3 is 18.5 Å². The first kappa shape index (κ1) is 27.7. The van der Waals surface area contributed by atoms with Crippen molar-refractivity contribution in [3.05, 3.63) is 54.1 Å². The average molecular weight is 531 g/mol. The Kier molecular flexibility index (Phi) is 7.07. The number of nitrogens with zero attached hydrogens (tertiary/aromatic N) is 3. The molecule has 1 saturated heterocycles. The molecule has 0 amide bonds. The highest BCUT2D eigenvalue weighted by Gasteiger charge is 2.52. The van der Waals surface area contributed by atoms with Crippen LogP contribution in [-0.4, -0.2) is 47.8 Å². The van der Waals surface area contributed by atoms with Gasteiger partial charge in [0.15, 0.2) is 20.2 Å². The third-order valence-electron chi connectivity index (χ3n) is 7.83. The highest BCUT2D eigenvalue weighted by atomic mass is 28.4. The van der Waals surface area contributed by atoms with E-state index in [-0.39, 0.29) is 22.9 Å². The monoisotopic (exact) mass is 531 g/mol. The second-order valence-electron chi connectivity index (χ2n) is 12.1. The van der Waals surface area contributed by atoms with Gasteiger partial charge >= 0.3 is 7.12 Å². The summed E-state index contributed by atoms with van der Waals surface area (Å²) in [6, 6.07) is 4.57. The zero-order valence-electron chi connectivity index (χ0n) is 23.1. The SMILES string of the molecule is CC1(C)OB(c2cc(OC(CO[Si](C)(C)C(C)(C)C)c3ccc(F)cn3)c3c(F)cnn3c2)OC1(C)C. The Morgan fingerprint density at radius 2 is 1.73 bits per heavy atom. The molecule has 37 heavy (non-hydrogen) atoms. The van der Waals surface area contributed by atoms with E-state index in [1.807, 2.05) is 27.7 Å². The average Bonchev–Trinajstić information content (AvgIpc) is 3.26. The van der Waals surface area contributed by atoms with Gasteiger partial charge in [-0.15, -0.1) is 0 Å². The minimum absolute atomic E-state index is 0.0325. The Balaban J connectivity index is 1.73. The van der Waals surface area contributed by atoms with Crippen molar-refractivity contribution < 1.29 is 27.3 Å². The van der Waals surface area contributed by atoms with Gasteiger partial charge in [-0.1, -0.05) is 20.8 Å². The number of hydrogen-bond donors (Lipinski definition) is 0. The van der Waals surface area contributed by atoms with Crippen molar-refractivity contribution in [2.45, 2.75) is 83.9 Å². The molecule has 0 saturated carbocycles. The summed E-state index contributed by atoms with van der Waals surface area (Å²) in [4.78, 5) is 4.24. The van der Waals surface area contributed by atoms with E-state index in [2.05, 4.69) is 43.9 Å². The summed E-state index contributed by atoms with van der Waals surface area (Å²) < 4.78 is 55.2. The number of rotatable bonds is 7. The summed E-state index contributed by atoms with van der Waals surface area (Å²) in [5.41, 5.74) is 0.153. The van der Waals surface area contributed by atoms with Crippen LogP contribution in [0.2, 0.25) is 18.1 Å². The Hall–Kier alpha value is -2.34. The first-order valence-corrected chi connectivity index (χ1v) is 15.4. The second kappa shape index (κ2) is 9.44. The molecule has 1 aliphatic rings. The summed E-state index contributed by atoms with van der Waals surface area (Å²) in [7, 11) is -2.86. The smallest absolute Gasteiger partial charge is 0.479 e. The summed E-state index contributed by atoms with van der Waals surface area (Å²) in [6.07, 6.45) is 3.22. The van der Waals surface area contributed by atoms with E-state index in [0.29, 0.717) is 11.2 Å². The van der Waals surface area contributed by atoms with E-state index in [0.717, 1.165) is 12.4 Å². The molecule has 4 heterocycles. The molecule has 0 N–H and O–H groups in total. The topological polar surface area (TPSA) is 67.1 Å². The van der Waals surface area contributed by atoms with E-state index in [1.54, 1.807) is 18.3 Å². The zero-order chi connectivity index (χ0) is 27.4. The largest absolute Gasteiger partial charge is 0.496 e. The summed E-state index contributed by atoms with van der Waals surface area (Å²) in [6.45, 7) is 18.7. The lowest BCUT2D eigenvalue weighted by Crippen LogP contribution is -2.42. The van der Waals surface area contributed by atoms with Crippen LogP contribution < -0.4 is 10.2 Å². The van der Waals surface area contributed by atoms with Gasteiger partial charge in [0.05, 0.1) is 35.9 Å². The van der Waals surface area contributed by atoms with Crippen LogP contribution in [0.15, 0.2) is 36.8 Å². The number of hydrogen-bond acceptors (Lipinski definition) is 6. The molecule has 0 spiro atoms. The maximum atomic E-state index is 14.9. The van der Waals surface area contributed by atoms with E-state index in [4.69, 9.17) is 18.5 Å². The molecule has 3 aromatic rings. The van der Waals surface area contributed by atoms with Crippen LogP contribution >= 0.6 is 0 Å². The van der Waals surface area contributed by atoms with Gasteiger partial charge in [-0.2, -0.15) is 5.10 Å². The zero-order valence-corrected chi connectivity index (χ0v) is 24.1. The fourth-order valence-electron chi connectivity index (χ4n) is 3.68. The molecule has 1 unspecified atom stereocenters. The molecule has 200 valence electrons. The summed E-state index contributed by atoms with van der Waals surface area (Å²) >= 11 is 0. The predicted molar refractivity (Wildman–Crippen MR) is 142 cm³/mol. The van der Waals surface area contributed by atoms with E-state index in [1.165, 1.54) is 10.6 Å². The Morgan fingerprint density at radius 3 is 2.30 bits per heavy atom. The summed E-state index contributed by atoms with van der Waals surface area (Å²) in [5, 5.41) is 4.12. The maximum absolute atomic E-state index is 14.9. The molecule has 1 fully saturated rings. The lowest BCUT2D eigenvalue weighted by Gasteiger charge is -2.37. The fourth-order valence-corrected chi connectivity index (χ4v) is 4.68. The first-order valence-electron chi connectivity index (χ1n) is 12.5. The highest BCUT2D eigenvalue weighted by Crippen LogP contribution is 2.39. The van der Waals surface area contributed by atoms with Crippen molar-refractivity contribution in [1.29, 1.82) is 0 Å². The van der Waals surface area contributed by atoms with Gasteiger partial charge in [-0.25, -0.2) is 13.3 Å². The summed E-state index contributed by atoms with van der Waals surface area (Å²) in [5.74, 6) is -0.761. The van der Waals surface area contributed by atoms with Gasteiger partial charge in [0.2, 0.25) is 0 Å². The molecule has 1 atom stereocenters. The van der Waals surface area contributed by atoms with Crippen molar-refractivity contribution in [2.24, 2.45) is 0 Å². The van der Waals surface area contributed by atoms with E-state index in [9.17, 15) is 8.78 Å². The van der Waals surface area contributed by atoms with Crippen LogP contribution in [0.3, 0.4) is 0 Å². The lowest BCUT2D eigenvalue weighted by molar-refractivity contribution is 0.00578. The van der Waals surface area contributed by atoms with E-state index >= 15 is 0 Å². The Morgan fingerprint density at radius 1 is 1.08 bits per heavy atom. The molecule has 1 aliphatic heterocycles. The molecule has 0 aromatic carbocycles. The molecule has 7 nitrogen and oxygen atoms in total. The van der Waals surface area contributed by atoms with Crippen LogP contribution in [0.5, 0.6) is 5.75 Å². The van der Waals surface area contributed by atoms with Gasteiger partial charge in [0, 0.05) is 11.7 Å². The molecule has 0 aliphatic carbocycles. The van der Waals surface area contributed by atoms with Crippen molar-refractivity contribution in [3.8, 4) is 5.75 Å². The predicted octanol–water partition coefficient (Wildman–Crippen LogP) is 5.45. The highest BCUT2D eigenvalue weighted by molar-refractivity contribution is 6.74. The quantitative estimate of drug-likeness (QED) is 0.378. The van der Waals surface area contributed by atoms with Crippen LogP contribution in [0.1, 0.15) is 60.3 Å². The Bertz CT molecular complexity index is 1260. The Labute approximate surface area is 218 Å². The van der Waals surface area contributed by atoms with Gasteiger partial charge in [-0.05, 0) is 64.0 Å². The first-order chi connectivity index (χ1) is 17.0. The minimum Gasteiger partial charge on any atom is -0.479 e. The third-order valence-corrected chi connectivity index (χ3v) is 12.3. The molecular formula is C26H36BF2N3O4Si. The maximum Gasteiger partial charge on any atom is 0.496 e. The molecular weight excluding hydrogens is 495 g/mol. The van der Waals surface area contributed by atoms with Gasteiger partial charge in [0.1, 0.15) is 17.1 Å². The number of halogens is 2. The standard InChI is InChI=1S/C26H36BF2N3O4Si/c1-24(2,3)37(8,9)33-16-22(20-11-10-18(28)13-30-20)34-21-12-17(15-32-23(21)19(29)14-31-32)27-35-25(4,5)26(6,7)36-27/h10-15,22H,16H2,1-9H3. The van der Waals surface area contributed by atoms with Crippen LogP contribution in [0, 0.1) is 11.6 Å². The number of pyridine rings is 2. The number of ether oxygens (including phenoxy) is 1. The third kappa shape index (κ3) is 5.45. The molecule has 0 bridgehead atoms. The number of aromatic nitrogens is 3. The molecule has 0 radical (unpaired) electrons. The molecule has 3 aromatic heterocycles. The van der Waals surface area contributed by atoms with Crippen LogP contribution in [-0.2, 0) is 13.7 Å². The molecule has 11 heteroatoms. The fraction of sp³-hybridized carbons (Fsp3) is 0.538. The molecule has 4 rings (SSSR count). The van der Waals surface area contributed by atoms with Crippen molar-refractivity contribution in [3.63, 3.8) is 0 Å². The lowest BCUT2D eigenvalue weighted by atomic mass is 9.80. The van der Waals surface area contributed by atoms with Crippen molar-refractivity contribution in [1.82, 2.24) is 14.6 Å². The van der Waals surface area contributed by atoms with Gasteiger partial charge in [0.25, 0.3) is 0 Å². The normalized spacial score (nSPS) is 18.4. The van der Waals surface area contributed by atoms with Crippen LogP contribution in [0.4, 0.5) is 8.78 Å².